The second-order valence-electron chi connectivity index (χ2n) is 8.18. The third-order valence-corrected chi connectivity index (χ3v) is 6.23. The first-order valence-corrected chi connectivity index (χ1v) is 11.0. The maximum absolute atomic E-state index is 5.08. The van der Waals surface area contributed by atoms with Crippen LogP contribution in [0.15, 0.2) is 109 Å². The van der Waals surface area contributed by atoms with Gasteiger partial charge >= 0.3 is 0 Å². The molecule has 3 aromatic heterocycles. The Kier molecular flexibility index (Phi) is 3.81. The number of fused-ring (bicyclic) bond motifs is 5. The molecule has 3 heterocycles. The Labute approximate surface area is 189 Å². The largest absolute Gasteiger partial charge is 0.278 e. The Hall–Kier alpha value is -4.57. The summed E-state index contributed by atoms with van der Waals surface area (Å²) >= 11 is 0. The van der Waals surface area contributed by atoms with Crippen molar-refractivity contribution in [3.8, 4) is 17.2 Å². The summed E-state index contributed by atoms with van der Waals surface area (Å²) in [6, 6.07) is 35.6. The predicted octanol–water partition coefficient (Wildman–Crippen LogP) is 6.94. The van der Waals surface area contributed by atoms with Gasteiger partial charge in [0, 0.05) is 22.5 Å². The van der Waals surface area contributed by atoms with Crippen LogP contribution in [0.5, 0.6) is 0 Å². The topological polar surface area (TPSA) is 43.6 Å². The summed E-state index contributed by atoms with van der Waals surface area (Å²) in [6.45, 7) is 0. The van der Waals surface area contributed by atoms with Crippen LogP contribution < -0.4 is 0 Å². The summed E-state index contributed by atoms with van der Waals surface area (Å²) in [5.74, 6) is 0.649. The average molecular weight is 422 g/mol. The number of para-hydroxylation sites is 1. The van der Waals surface area contributed by atoms with Crippen molar-refractivity contribution in [1.82, 2.24) is 19.5 Å². The van der Waals surface area contributed by atoms with Crippen molar-refractivity contribution < 1.29 is 0 Å². The quantitative estimate of drug-likeness (QED) is 0.303. The highest BCUT2D eigenvalue weighted by Crippen LogP contribution is 2.35. The molecule has 0 amide bonds. The number of hydrogen-bond donors (Lipinski definition) is 0. The van der Waals surface area contributed by atoms with E-state index in [1.165, 1.54) is 21.5 Å². The van der Waals surface area contributed by atoms with Gasteiger partial charge in [0.05, 0.1) is 16.6 Å². The molecule has 0 atom stereocenters. The van der Waals surface area contributed by atoms with E-state index in [4.69, 9.17) is 9.97 Å². The zero-order valence-electron chi connectivity index (χ0n) is 17.7. The Morgan fingerprint density at radius 3 is 2.21 bits per heavy atom. The van der Waals surface area contributed by atoms with E-state index in [0.29, 0.717) is 5.95 Å². The third-order valence-electron chi connectivity index (χ3n) is 6.23. The highest BCUT2D eigenvalue weighted by atomic mass is 15.2. The van der Waals surface area contributed by atoms with Crippen LogP contribution in [0, 0.1) is 0 Å². The Morgan fingerprint density at radius 2 is 1.33 bits per heavy atom. The van der Waals surface area contributed by atoms with E-state index < -0.39 is 0 Å². The number of hydrogen-bond acceptors (Lipinski definition) is 3. The lowest BCUT2D eigenvalue weighted by Gasteiger charge is -2.11. The maximum atomic E-state index is 5.08. The average Bonchev–Trinajstić information content (AvgIpc) is 3.20. The lowest BCUT2D eigenvalue weighted by molar-refractivity contribution is 1.01. The Balaban J connectivity index is 1.63. The third kappa shape index (κ3) is 2.74. The normalized spacial score (nSPS) is 11.6. The first kappa shape index (κ1) is 18.0. The minimum absolute atomic E-state index is 0.649. The summed E-state index contributed by atoms with van der Waals surface area (Å²) in [5.41, 5.74) is 5.67. The summed E-state index contributed by atoms with van der Waals surface area (Å²) in [4.78, 5) is 14.7. The van der Waals surface area contributed by atoms with E-state index in [1.807, 2.05) is 30.3 Å². The van der Waals surface area contributed by atoms with Gasteiger partial charge in [0.15, 0.2) is 0 Å². The van der Waals surface area contributed by atoms with E-state index in [2.05, 4.69) is 82.3 Å². The van der Waals surface area contributed by atoms with Crippen LogP contribution >= 0.6 is 0 Å². The van der Waals surface area contributed by atoms with Crippen molar-refractivity contribution >= 4 is 43.6 Å². The highest BCUT2D eigenvalue weighted by Gasteiger charge is 2.17. The summed E-state index contributed by atoms with van der Waals surface area (Å²) in [6.07, 6.45) is 1.80. The van der Waals surface area contributed by atoms with Crippen LogP contribution in [0.1, 0.15) is 0 Å². The lowest BCUT2D eigenvalue weighted by atomic mass is 10.1. The zero-order valence-corrected chi connectivity index (χ0v) is 17.7. The van der Waals surface area contributed by atoms with E-state index >= 15 is 0 Å². The standard InChI is InChI=1S/C29H18N4/c1-2-9-19(10-3-1)27-28-24(14-8-16-30-28)31-29(32-27)33-25-15-7-6-13-22(25)23-17-20-11-4-5-12-21(20)18-26(23)33/h1-18H. The highest BCUT2D eigenvalue weighted by molar-refractivity contribution is 6.13. The molecule has 7 rings (SSSR count). The molecule has 33 heavy (non-hydrogen) atoms. The van der Waals surface area contributed by atoms with Crippen molar-refractivity contribution in [3.05, 3.63) is 109 Å². The fraction of sp³-hybridized carbons (Fsp3) is 0. The molecule has 7 aromatic rings. The maximum Gasteiger partial charge on any atom is 0.235 e. The van der Waals surface area contributed by atoms with Gasteiger partial charge in [0.1, 0.15) is 11.2 Å². The van der Waals surface area contributed by atoms with Gasteiger partial charge in [0.2, 0.25) is 5.95 Å². The second kappa shape index (κ2) is 6.97. The van der Waals surface area contributed by atoms with Crippen LogP contribution in [0.3, 0.4) is 0 Å². The van der Waals surface area contributed by atoms with Crippen molar-refractivity contribution in [3.63, 3.8) is 0 Å². The predicted molar refractivity (Wildman–Crippen MR) is 135 cm³/mol. The molecule has 0 radical (unpaired) electrons. The van der Waals surface area contributed by atoms with E-state index in [-0.39, 0.29) is 0 Å². The number of benzene rings is 4. The molecule has 4 nitrogen and oxygen atoms in total. The van der Waals surface area contributed by atoms with Gasteiger partial charge in [-0.05, 0) is 41.1 Å². The van der Waals surface area contributed by atoms with Gasteiger partial charge in [0.25, 0.3) is 0 Å². The molecule has 0 aliphatic heterocycles. The Bertz CT molecular complexity index is 1820. The van der Waals surface area contributed by atoms with Crippen LogP contribution in [-0.4, -0.2) is 19.5 Å². The van der Waals surface area contributed by atoms with Crippen molar-refractivity contribution in [2.45, 2.75) is 0 Å². The second-order valence-corrected chi connectivity index (χ2v) is 8.18. The molecule has 0 N–H and O–H groups in total. The fourth-order valence-electron chi connectivity index (χ4n) is 4.72. The molecule has 154 valence electrons. The van der Waals surface area contributed by atoms with Crippen LogP contribution in [0.25, 0.3) is 60.8 Å². The smallest absolute Gasteiger partial charge is 0.235 e. The summed E-state index contributed by atoms with van der Waals surface area (Å²) < 4.78 is 2.18. The monoisotopic (exact) mass is 422 g/mol. The van der Waals surface area contributed by atoms with E-state index in [1.54, 1.807) is 6.20 Å². The van der Waals surface area contributed by atoms with Gasteiger partial charge in [-0.3, -0.25) is 9.55 Å². The fourth-order valence-corrected chi connectivity index (χ4v) is 4.72. The number of aromatic nitrogens is 4. The van der Waals surface area contributed by atoms with Gasteiger partial charge in [-0.25, -0.2) is 9.97 Å². The molecule has 0 saturated heterocycles. The molecule has 0 saturated carbocycles. The van der Waals surface area contributed by atoms with Gasteiger partial charge in [-0.15, -0.1) is 0 Å². The number of nitrogens with zero attached hydrogens (tertiary/aromatic N) is 4. The van der Waals surface area contributed by atoms with Crippen molar-refractivity contribution in [2.24, 2.45) is 0 Å². The van der Waals surface area contributed by atoms with Crippen LogP contribution in [0.2, 0.25) is 0 Å². The first-order valence-electron chi connectivity index (χ1n) is 11.0. The molecule has 0 aliphatic carbocycles. The molecule has 4 heteroatoms. The van der Waals surface area contributed by atoms with Crippen molar-refractivity contribution in [1.29, 1.82) is 0 Å². The minimum atomic E-state index is 0.649. The molecular weight excluding hydrogens is 404 g/mol. The molecule has 0 unspecified atom stereocenters. The molecule has 0 aliphatic rings. The van der Waals surface area contributed by atoms with Crippen LogP contribution in [-0.2, 0) is 0 Å². The van der Waals surface area contributed by atoms with Gasteiger partial charge in [-0.1, -0.05) is 72.8 Å². The molecule has 0 fully saturated rings. The minimum Gasteiger partial charge on any atom is -0.278 e. The van der Waals surface area contributed by atoms with Gasteiger partial charge < -0.3 is 0 Å². The van der Waals surface area contributed by atoms with Gasteiger partial charge in [-0.2, -0.15) is 0 Å². The Morgan fingerprint density at radius 1 is 0.576 bits per heavy atom. The molecular formula is C29H18N4. The zero-order chi connectivity index (χ0) is 21.8. The number of rotatable bonds is 2. The van der Waals surface area contributed by atoms with Crippen molar-refractivity contribution in [2.75, 3.05) is 0 Å². The lowest BCUT2D eigenvalue weighted by Crippen LogP contribution is -2.04. The van der Waals surface area contributed by atoms with E-state index in [9.17, 15) is 0 Å². The summed E-state index contributed by atoms with van der Waals surface area (Å²) in [5, 5.41) is 4.80. The molecule has 4 aromatic carbocycles. The SMILES string of the molecule is c1ccc(-c2nc(-n3c4ccccc4c4cc5ccccc5cc43)nc3cccnc23)cc1. The first-order chi connectivity index (χ1) is 16.4. The number of pyridine rings is 1. The molecule has 0 spiro atoms. The summed E-state index contributed by atoms with van der Waals surface area (Å²) in [7, 11) is 0. The molecule has 0 bridgehead atoms. The van der Waals surface area contributed by atoms with E-state index in [0.717, 1.165) is 33.3 Å². The van der Waals surface area contributed by atoms with Crippen LogP contribution in [0.4, 0.5) is 0 Å².